The van der Waals surface area contributed by atoms with E-state index in [-0.39, 0.29) is 30.2 Å². The monoisotopic (exact) mass is 419 g/mol. The van der Waals surface area contributed by atoms with Crippen LogP contribution >= 0.6 is 0 Å². The van der Waals surface area contributed by atoms with E-state index in [0.29, 0.717) is 30.8 Å². The molecule has 6 nitrogen and oxygen atoms in total. The van der Waals surface area contributed by atoms with Crippen molar-refractivity contribution in [3.63, 3.8) is 0 Å². The molecule has 2 aromatic rings. The van der Waals surface area contributed by atoms with Crippen molar-refractivity contribution in [3.05, 3.63) is 42.0 Å². The summed E-state index contributed by atoms with van der Waals surface area (Å²) in [4.78, 5) is 14.2. The van der Waals surface area contributed by atoms with Gasteiger partial charge in [0.15, 0.2) is 17.9 Å². The Labute approximate surface area is 175 Å². The van der Waals surface area contributed by atoms with Crippen molar-refractivity contribution in [1.29, 1.82) is 0 Å². The molecule has 0 spiro atoms. The summed E-state index contributed by atoms with van der Waals surface area (Å²) in [6.07, 6.45) is 0.451. The molecule has 0 bridgehead atoms. The van der Waals surface area contributed by atoms with Crippen LogP contribution in [0.15, 0.2) is 30.3 Å². The van der Waals surface area contributed by atoms with Gasteiger partial charge in [0.25, 0.3) is 0 Å². The number of hydrogen-bond donors (Lipinski definition) is 1. The van der Waals surface area contributed by atoms with Crippen LogP contribution in [0.25, 0.3) is 0 Å². The molecule has 0 aliphatic carbocycles. The number of carbonyl (C=O) groups excluding carboxylic acids is 1. The largest absolute Gasteiger partial charge is 0.484 e. The van der Waals surface area contributed by atoms with Crippen molar-refractivity contribution < 1.29 is 23.0 Å². The van der Waals surface area contributed by atoms with E-state index in [1.165, 1.54) is 12.1 Å². The Balaban J connectivity index is 1.84. The lowest BCUT2D eigenvalue weighted by Gasteiger charge is -2.37. The lowest BCUT2D eigenvalue weighted by molar-refractivity contribution is -0.109. The van der Waals surface area contributed by atoms with Gasteiger partial charge in [-0.3, -0.25) is 4.79 Å². The van der Waals surface area contributed by atoms with Crippen LogP contribution in [0.3, 0.4) is 0 Å². The topological polar surface area (TPSA) is 54.0 Å². The zero-order valence-electron chi connectivity index (χ0n) is 17.6. The second-order valence-electron chi connectivity index (χ2n) is 7.63. The van der Waals surface area contributed by atoms with Crippen LogP contribution in [-0.4, -0.2) is 52.3 Å². The van der Waals surface area contributed by atoms with Gasteiger partial charge in [-0.25, -0.2) is 8.78 Å². The van der Waals surface area contributed by atoms with Gasteiger partial charge < -0.3 is 24.6 Å². The van der Waals surface area contributed by atoms with Crippen LogP contribution < -0.4 is 19.9 Å². The first kappa shape index (κ1) is 21.8. The Morgan fingerprint density at radius 1 is 1.13 bits per heavy atom. The van der Waals surface area contributed by atoms with Crippen LogP contribution in [0.1, 0.15) is 13.8 Å². The zero-order valence-corrected chi connectivity index (χ0v) is 17.6. The number of halogens is 2. The van der Waals surface area contributed by atoms with Gasteiger partial charge in [0, 0.05) is 44.6 Å². The fourth-order valence-corrected chi connectivity index (χ4v) is 3.67. The smallest absolute Gasteiger partial charge is 0.157 e. The molecule has 0 radical (unpaired) electrons. The molecule has 3 rings (SSSR count). The summed E-state index contributed by atoms with van der Waals surface area (Å²) in [6, 6.07) is 7.82. The number of anilines is 4. The first-order valence-electron chi connectivity index (χ1n) is 9.82. The van der Waals surface area contributed by atoms with E-state index >= 15 is 0 Å². The lowest BCUT2D eigenvalue weighted by atomic mass is 10.1. The molecule has 1 heterocycles. The summed E-state index contributed by atoms with van der Waals surface area (Å²) in [6.45, 7) is 4.54. The average Bonchev–Trinajstić information content (AvgIpc) is 2.65. The van der Waals surface area contributed by atoms with Crippen molar-refractivity contribution in [2.45, 2.75) is 26.1 Å². The Kier molecular flexibility index (Phi) is 6.77. The highest BCUT2D eigenvalue weighted by Gasteiger charge is 2.27. The minimum absolute atomic E-state index is 0.0412. The number of rotatable bonds is 7. The predicted molar refractivity (Wildman–Crippen MR) is 114 cm³/mol. The standard InChI is InChI=1S/C22H27F2N3O3/c1-14-12-27(13-15(2)30-14)22-18(23)9-17(10-19(22)24)25-16-5-6-20(26(3)4)21(11-16)29-8-7-28/h5-7,9-11,14-15,25H,8,12-13H2,1-4H3. The Morgan fingerprint density at radius 2 is 1.77 bits per heavy atom. The summed E-state index contributed by atoms with van der Waals surface area (Å²) in [7, 11) is 3.71. The van der Waals surface area contributed by atoms with Crippen LogP contribution in [-0.2, 0) is 9.53 Å². The number of carbonyl (C=O) groups is 1. The molecule has 1 fully saturated rings. The summed E-state index contributed by atoms with van der Waals surface area (Å²) >= 11 is 0. The summed E-state index contributed by atoms with van der Waals surface area (Å²) in [5.74, 6) is -0.784. The van der Waals surface area contributed by atoms with Gasteiger partial charge in [0.1, 0.15) is 18.0 Å². The van der Waals surface area contributed by atoms with Crippen molar-refractivity contribution in [3.8, 4) is 5.75 Å². The molecular formula is C22H27F2N3O3. The highest BCUT2D eigenvalue weighted by Crippen LogP contribution is 2.34. The molecule has 8 heteroatoms. The molecule has 162 valence electrons. The molecule has 1 aliphatic rings. The number of aldehydes is 1. The van der Waals surface area contributed by atoms with Gasteiger partial charge >= 0.3 is 0 Å². The molecule has 1 saturated heterocycles. The van der Waals surface area contributed by atoms with Gasteiger partial charge in [-0.15, -0.1) is 0 Å². The quantitative estimate of drug-likeness (QED) is 0.686. The fourth-order valence-electron chi connectivity index (χ4n) is 3.67. The number of nitrogens with zero attached hydrogens (tertiary/aromatic N) is 2. The second kappa shape index (κ2) is 9.30. The summed E-state index contributed by atoms with van der Waals surface area (Å²) in [5, 5.41) is 3.01. The molecule has 2 atom stereocenters. The third-order valence-electron chi connectivity index (χ3n) is 4.79. The Bertz CT molecular complexity index is 874. The maximum Gasteiger partial charge on any atom is 0.157 e. The van der Waals surface area contributed by atoms with Crippen molar-refractivity contribution in [2.24, 2.45) is 0 Å². The lowest BCUT2D eigenvalue weighted by Crippen LogP contribution is -2.46. The molecule has 2 aromatic carbocycles. The van der Waals surface area contributed by atoms with Crippen LogP contribution in [0.2, 0.25) is 0 Å². The second-order valence-corrected chi connectivity index (χ2v) is 7.63. The number of morpholine rings is 1. The molecule has 30 heavy (non-hydrogen) atoms. The van der Waals surface area contributed by atoms with Gasteiger partial charge in [-0.2, -0.15) is 0 Å². The number of benzene rings is 2. The van der Waals surface area contributed by atoms with Crippen molar-refractivity contribution in [1.82, 2.24) is 0 Å². The highest BCUT2D eigenvalue weighted by molar-refractivity contribution is 5.70. The predicted octanol–water partition coefficient (Wildman–Crippen LogP) is 3.97. The third kappa shape index (κ3) is 4.99. The number of hydrogen-bond acceptors (Lipinski definition) is 6. The molecule has 0 aromatic heterocycles. The SMILES string of the molecule is CC1CN(c2c(F)cc(Nc3ccc(N(C)C)c(OCC=O)c3)cc2F)CC(C)O1. The van der Waals surface area contributed by atoms with Crippen LogP contribution in [0, 0.1) is 11.6 Å². The molecule has 0 amide bonds. The molecule has 1 aliphatic heterocycles. The maximum atomic E-state index is 14.8. The van der Waals surface area contributed by atoms with Crippen LogP contribution in [0.4, 0.5) is 31.5 Å². The average molecular weight is 419 g/mol. The molecule has 2 unspecified atom stereocenters. The highest BCUT2D eigenvalue weighted by atomic mass is 19.1. The molecular weight excluding hydrogens is 392 g/mol. The molecule has 0 saturated carbocycles. The Morgan fingerprint density at radius 3 is 2.33 bits per heavy atom. The third-order valence-corrected chi connectivity index (χ3v) is 4.79. The van der Waals surface area contributed by atoms with Crippen molar-refractivity contribution in [2.75, 3.05) is 48.9 Å². The minimum Gasteiger partial charge on any atom is -0.484 e. The molecule has 1 N–H and O–H groups in total. The van der Waals surface area contributed by atoms with Gasteiger partial charge in [0.2, 0.25) is 0 Å². The maximum absolute atomic E-state index is 14.8. The first-order chi connectivity index (χ1) is 14.3. The van der Waals surface area contributed by atoms with E-state index in [1.807, 2.05) is 32.8 Å². The van der Waals surface area contributed by atoms with Gasteiger partial charge in [-0.1, -0.05) is 0 Å². The van der Waals surface area contributed by atoms with E-state index in [4.69, 9.17) is 9.47 Å². The van der Waals surface area contributed by atoms with E-state index in [1.54, 1.807) is 23.1 Å². The van der Waals surface area contributed by atoms with E-state index in [0.717, 1.165) is 5.69 Å². The number of ether oxygens (including phenoxy) is 2. The number of nitrogens with one attached hydrogen (secondary N) is 1. The fraction of sp³-hybridized carbons (Fsp3) is 0.409. The van der Waals surface area contributed by atoms with Crippen molar-refractivity contribution >= 4 is 29.0 Å². The van der Waals surface area contributed by atoms with Crippen LogP contribution in [0.5, 0.6) is 5.75 Å². The first-order valence-corrected chi connectivity index (χ1v) is 9.82. The van der Waals surface area contributed by atoms with E-state index in [2.05, 4.69) is 5.32 Å². The van der Waals surface area contributed by atoms with E-state index in [9.17, 15) is 13.6 Å². The summed E-state index contributed by atoms with van der Waals surface area (Å²) in [5.41, 5.74) is 1.61. The minimum atomic E-state index is -0.638. The van der Waals surface area contributed by atoms with Gasteiger partial charge in [-0.05, 0) is 38.1 Å². The normalized spacial score (nSPS) is 18.8. The summed E-state index contributed by atoms with van der Waals surface area (Å²) < 4.78 is 40.8. The van der Waals surface area contributed by atoms with E-state index < -0.39 is 11.6 Å². The zero-order chi connectivity index (χ0) is 21.8. The Hall–Kier alpha value is -2.87. The van der Waals surface area contributed by atoms with Gasteiger partial charge in [0.05, 0.1) is 17.9 Å².